The minimum atomic E-state index is -0.362. The first-order valence-corrected chi connectivity index (χ1v) is 13.9. The molecule has 1 heterocycles. The summed E-state index contributed by atoms with van der Waals surface area (Å²) in [6.07, 6.45) is 9.35. The minimum absolute atomic E-state index is 0.0907. The molecule has 0 bridgehead atoms. The van der Waals surface area contributed by atoms with Gasteiger partial charge in [0.1, 0.15) is 0 Å². The monoisotopic (exact) mass is 574 g/mol. The standard InChI is InChI=1S/C30H28Cl2N6O2/c31-26-7-4-8-27(32)25(26)17-18-28(39)38(24-15-13-22(14-16-24)21-5-2-1-3-6-21)19-20-9-11-23(12-10-20)29(40)33-30-34-36-37-35-30/h4,7-18,21H,1-3,5-6,19H2,(H2,33,34,35,36,37,40)/b18-17+. The van der Waals surface area contributed by atoms with Crippen LogP contribution in [0.1, 0.15) is 65.1 Å². The number of halogens is 2. The van der Waals surface area contributed by atoms with E-state index in [1.54, 1.807) is 41.3 Å². The first kappa shape index (κ1) is 27.6. The average molecular weight is 576 g/mol. The first-order chi connectivity index (χ1) is 19.5. The van der Waals surface area contributed by atoms with Crippen molar-refractivity contribution in [3.63, 3.8) is 0 Å². The Morgan fingerprint density at radius 1 is 0.950 bits per heavy atom. The summed E-state index contributed by atoms with van der Waals surface area (Å²) < 4.78 is 0. The number of nitrogens with zero attached hydrogens (tertiary/aromatic N) is 4. The van der Waals surface area contributed by atoms with Crippen LogP contribution in [0.2, 0.25) is 10.0 Å². The molecule has 0 saturated heterocycles. The molecule has 8 nitrogen and oxygen atoms in total. The Balaban J connectivity index is 1.37. The number of H-pyrrole nitrogens is 1. The van der Waals surface area contributed by atoms with Gasteiger partial charge >= 0.3 is 0 Å². The molecule has 1 aliphatic carbocycles. The van der Waals surface area contributed by atoms with E-state index >= 15 is 0 Å². The van der Waals surface area contributed by atoms with E-state index in [0.29, 0.717) is 33.6 Å². The molecule has 10 heteroatoms. The van der Waals surface area contributed by atoms with Crippen molar-refractivity contribution in [1.29, 1.82) is 0 Å². The predicted octanol–water partition coefficient (Wildman–Crippen LogP) is 7.05. The van der Waals surface area contributed by atoms with Crippen molar-refractivity contribution >= 4 is 52.7 Å². The van der Waals surface area contributed by atoms with Crippen LogP contribution in [0.3, 0.4) is 0 Å². The molecule has 1 aliphatic rings. The van der Waals surface area contributed by atoms with Gasteiger partial charge < -0.3 is 4.90 Å². The van der Waals surface area contributed by atoms with Crippen LogP contribution in [0.15, 0.2) is 72.8 Å². The number of nitrogens with one attached hydrogen (secondary N) is 2. The highest BCUT2D eigenvalue weighted by Gasteiger charge is 2.19. The Hall–Kier alpha value is -4.01. The molecule has 40 heavy (non-hydrogen) atoms. The molecule has 2 N–H and O–H groups in total. The molecule has 0 atom stereocenters. The summed E-state index contributed by atoms with van der Waals surface area (Å²) >= 11 is 12.6. The summed E-state index contributed by atoms with van der Waals surface area (Å²) in [5, 5.41) is 16.7. The summed E-state index contributed by atoms with van der Waals surface area (Å²) in [4.78, 5) is 27.7. The number of aromatic amines is 1. The Bertz CT molecular complexity index is 1460. The van der Waals surface area contributed by atoms with Gasteiger partial charge in [0.2, 0.25) is 0 Å². The van der Waals surface area contributed by atoms with E-state index in [9.17, 15) is 9.59 Å². The number of hydrogen-bond acceptors (Lipinski definition) is 5. The molecule has 0 aliphatic heterocycles. The summed E-state index contributed by atoms with van der Waals surface area (Å²) in [6, 6.07) is 20.5. The molecule has 4 aromatic rings. The van der Waals surface area contributed by atoms with Gasteiger partial charge in [0, 0.05) is 32.9 Å². The van der Waals surface area contributed by atoms with Gasteiger partial charge in [-0.25, -0.2) is 0 Å². The van der Waals surface area contributed by atoms with E-state index in [0.717, 1.165) is 11.3 Å². The molecule has 204 valence electrons. The third kappa shape index (κ3) is 6.76. The zero-order valence-corrected chi connectivity index (χ0v) is 23.2. The highest BCUT2D eigenvalue weighted by molar-refractivity contribution is 6.37. The molecule has 2 amide bonds. The fraction of sp³-hybridized carbons (Fsp3) is 0.233. The van der Waals surface area contributed by atoms with E-state index in [2.05, 4.69) is 38.1 Å². The van der Waals surface area contributed by atoms with E-state index in [-0.39, 0.29) is 17.8 Å². The molecule has 5 rings (SSSR count). The van der Waals surface area contributed by atoms with Crippen LogP contribution in [0, 0.1) is 0 Å². The van der Waals surface area contributed by atoms with E-state index in [1.165, 1.54) is 43.7 Å². The van der Waals surface area contributed by atoms with Crippen molar-refractivity contribution in [3.05, 3.63) is 105 Å². The summed E-state index contributed by atoms with van der Waals surface area (Å²) in [6.45, 7) is 0.301. The maximum Gasteiger partial charge on any atom is 0.270 e. The van der Waals surface area contributed by atoms with Crippen molar-refractivity contribution in [2.24, 2.45) is 0 Å². The molecule has 1 fully saturated rings. The summed E-state index contributed by atoms with van der Waals surface area (Å²) in [5.74, 6) is 0.0762. The molecule has 1 aromatic heterocycles. The van der Waals surface area contributed by atoms with Gasteiger partial charge in [-0.05, 0) is 77.6 Å². The van der Waals surface area contributed by atoms with E-state index < -0.39 is 0 Å². The van der Waals surface area contributed by atoms with Gasteiger partial charge in [0.05, 0.1) is 6.54 Å². The Morgan fingerprint density at radius 2 is 1.65 bits per heavy atom. The Morgan fingerprint density at radius 3 is 2.30 bits per heavy atom. The highest BCUT2D eigenvalue weighted by Crippen LogP contribution is 2.34. The molecule has 0 unspecified atom stereocenters. The number of amides is 2. The number of rotatable bonds is 8. The van der Waals surface area contributed by atoms with Crippen molar-refractivity contribution in [1.82, 2.24) is 20.6 Å². The third-order valence-corrected chi connectivity index (χ3v) is 7.73. The molecular weight excluding hydrogens is 547 g/mol. The van der Waals surface area contributed by atoms with Crippen molar-refractivity contribution in [2.45, 2.75) is 44.6 Å². The Labute approximate surface area is 242 Å². The average Bonchev–Trinajstić information content (AvgIpc) is 3.49. The topological polar surface area (TPSA) is 104 Å². The number of carbonyl (C=O) groups excluding carboxylic acids is 2. The number of tetrazole rings is 1. The SMILES string of the molecule is O=C(Nc1nn[nH]n1)c1ccc(CN(C(=O)/C=C/c2c(Cl)cccc2Cl)c2ccc(C3CCCCC3)cc2)cc1. The maximum atomic E-state index is 13.5. The van der Waals surface area contributed by atoms with Gasteiger partial charge in [-0.2, -0.15) is 5.21 Å². The second-order valence-corrected chi connectivity index (χ2v) is 10.5. The quantitative estimate of drug-likeness (QED) is 0.219. The Kier molecular flexibility index (Phi) is 8.88. The second-order valence-electron chi connectivity index (χ2n) is 9.71. The van der Waals surface area contributed by atoms with E-state index in [1.807, 2.05) is 24.3 Å². The largest absolute Gasteiger partial charge is 0.304 e. The lowest BCUT2D eigenvalue weighted by atomic mass is 9.84. The van der Waals surface area contributed by atoms with Crippen LogP contribution in [-0.2, 0) is 11.3 Å². The van der Waals surface area contributed by atoms with Gasteiger partial charge in [-0.3, -0.25) is 14.9 Å². The second kappa shape index (κ2) is 12.9. The summed E-state index contributed by atoms with van der Waals surface area (Å²) in [5.41, 5.74) is 3.95. The number of hydrogen-bond donors (Lipinski definition) is 2. The lowest BCUT2D eigenvalue weighted by Gasteiger charge is -2.25. The minimum Gasteiger partial charge on any atom is -0.304 e. The molecule has 1 saturated carbocycles. The van der Waals surface area contributed by atoms with Crippen molar-refractivity contribution in [2.75, 3.05) is 10.2 Å². The number of aromatic nitrogens is 4. The van der Waals surface area contributed by atoms with Crippen molar-refractivity contribution < 1.29 is 9.59 Å². The van der Waals surface area contributed by atoms with Crippen LogP contribution >= 0.6 is 23.2 Å². The predicted molar refractivity (Wildman–Crippen MR) is 158 cm³/mol. The smallest absolute Gasteiger partial charge is 0.270 e. The fourth-order valence-electron chi connectivity index (χ4n) is 4.91. The van der Waals surface area contributed by atoms with Gasteiger partial charge in [-0.15, -0.1) is 5.10 Å². The fourth-order valence-corrected chi connectivity index (χ4v) is 5.43. The van der Waals surface area contributed by atoms with Gasteiger partial charge in [-0.1, -0.05) is 77.9 Å². The highest BCUT2D eigenvalue weighted by atomic mass is 35.5. The normalized spacial score (nSPS) is 13.8. The van der Waals surface area contributed by atoms with Crippen LogP contribution in [0.4, 0.5) is 11.6 Å². The van der Waals surface area contributed by atoms with Crippen LogP contribution < -0.4 is 10.2 Å². The van der Waals surface area contributed by atoms with Crippen LogP contribution in [0.25, 0.3) is 6.08 Å². The third-order valence-electron chi connectivity index (χ3n) is 7.07. The number of benzene rings is 3. The maximum absolute atomic E-state index is 13.5. The van der Waals surface area contributed by atoms with Crippen molar-refractivity contribution in [3.8, 4) is 0 Å². The zero-order chi connectivity index (χ0) is 27.9. The van der Waals surface area contributed by atoms with Crippen LogP contribution in [-0.4, -0.2) is 32.4 Å². The number of carbonyl (C=O) groups is 2. The summed E-state index contributed by atoms with van der Waals surface area (Å²) in [7, 11) is 0. The lowest BCUT2D eigenvalue weighted by Crippen LogP contribution is -2.28. The molecule has 0 radical (unpaired) electrons. The number of anilines is 2. The zero-order valence-electron chi connectivity index (χ0n) is 21.7. The van der Waals surface area contributed by atoms with Crippen LogP contribution in [0.5, 0.6) is 0 Å². The molecule has 0 spiro atoms. The molecular formula is C30H28Cl2N6O2. The van der Waals surface area contributed by atoms with Gasteiger partial charge in [0.25, 0.3) is 17.8 Å². The lowest BCUT2D eigenvalue weighted by molar-refractivity contribution is -0.114. The van der Waals surface area contributed by atoms with E-state index in [4.69, 9.17) is 23.2 Å². The molecule has 3 aromatic carbocycles. The first-order valence-electron chi connectivity index (χ1n) is 13.2. The van der Waals surface area contributed by atoms with Gasteiger partial charge in [0.15, 0.2) is 0 Å².